The first-order valence-electron chi connectivity index (χ1n) is 7.49. The van der Waals surface area contributed by atoms with E-state index in [-0.39, 0.29) is 6.04 Å². The monoisotopic (exact) mass is 278 g/mol. The second-order valence-electron chi connectivity index (χ2n) is 5.45. The van der Waals surface area contributed by atoms with Crippen molar-refractivity contribution in [3.8, 4) is 5.75 Å². The van der Waals surface area contributed by atoms with Crippen LogP contribution in [0.2, 0.25) is 0 Å². The first-order chi connectivity index (χ1) is 9.63. The van der Waals surface area contributed by atoms with Crippen LogP contribution in [0.1, 0.15) is 31.1 Å². The summed E-state index contributed by atoms with van der Waals surface area (Å²) in [5, 5.41) is 14.1. The summed E-state index contributed by atoms with van der Waals surface area (Å²) in [5.41, 5.74) is 2.05. The molecule has 1 saturated heterocycles. The number of aliphatic hydroxyl groups excluding tert-OH is 1. The molecule has 0 aromatic heterocycles. The average Bonchev–Trinajstić information content (AvgIpc) is 2.48. The number of rotatable bonds is 5. The van der Waals surface area contributed by atoms with Crippen molar-refractivity contribution in [2.45, 2.75) is 32.9 Å². The average molecular weight is 278 g/mol. The normalized spacial score (nSPS) is 19.6. The Hall–Kier alpha value is -1.10. The zero-order chi connectivity index (χ0) is 14.5. The second kappa shape index (κ2) is 7.07. The molecule has 112 valence electrons. The number of nitrogens with zero attached hydrogens (tertiary/aromatic N) is 1. The van der Waals surface area contributed by atoms with Gasteiger partial charge in [-0.05, 0) is 32.9 Å². The molecular formula is C16H26N2O2. The quantitative estimate of drug-likeness (QED) is 0.861. The van der Waals surface area contributed by atoms with Gasteiger partial charge in [-0.2, -0.15) is 0 Å². The minimum absolute atomic E-state index is 0.0955. The molecule has 4 heteroatoms. The number of hydrogen-bond acceptors (Lipinski definition) is 4. The molecule has 0 aliphatic carbocycles. The lowest BCUT2D eigenvalue weighted by atomic mass is 9.99. The highest BCUT2D eigenvalue weighted by molar-refractivity contribution is 5.39. The van der Waals surface area contributed by atoms with Crippen LogP contribution in [0.4, 0.5) is 0 Å². The largest absolute Gasteiger partial charge is 0.493 e. The highest BCUT2D eigenvalue weighted by Crippen LogP contribution is 2.30. The Morgan fingerprint density at radius 3 is 2.70 bits per heavy atom. The van der Waals surface area contributed by atoms with Crippen LogP contribution in [0.25, 0.3) is 0 Å². The minimum Gasteiger partial charge on any atom is -0.493 e. The smallest absolute Gasteiger partial charge is 0.125 e. The molecular weight excluding hydrogens is 252 g/mol. The summed E-state index contributed by atoms with van der Waals surface area (Å²) < 4.78 is 5.66. The van der Waals surface area contributed by atoms with Crippen molar-refractivity contribution < 1.29 is 9.84 Å². The van der Waals surface area contributed by atoms with Crippen LogP contribution < -0.4 is 10.1 Å². The number of nitrogens with one attached hydrogen (secondary N) is 1. The third kappa shape index (κ3) is 3.51. The lowest BCUT2D eigenvalue weighted by molar-refractivity contribution is 0.0491. The van der Waals surface area contributed by atoms with Gasteiger partial charge >= 0.3 is 0 Å². The van der Waals surface area contributed by atoms with E-state index in [1.54, 1.807) is 0 Å². The molecule has 20 heavy (non-hydrogen) atoms. The van der Waals surface area contributed by atoms with Gasteiger partial charge in [-0.1, -0.05) is 11.6 Å². The number of piperazine rings is 1. The van der Waals surface area contributed by atoms with Crippen molar-refractivity contribution in [1.29, 1.82) is 0 Å². The molecule has 0 spiro atoms. The fourth-order valence-electron chi connectivity index (χ4n) is 2.73. The Balaban J connectivity index is 2.17. The summed E-state index contributed by atoms with van der Waals surface area (Å²) in [4.78, 5) is 2.33. The Kier molecular flexibility index (Phi) is 5.40. The predicted molar refractivity (Wildman–Crippen MR) is 81.2 cm³/mol. The zero-order valence-electron chi connectivity index (χ0n) is 12.7. The van der Waals surface area contributed by atoms with Crippen molar-refractivity contribution in [3.05, 3.63) is 29.3 Å². The molecule has 1 aromatic carbocycles. The molecule has 1 fully saturated rings. The van der Waals surface area contributed by atoms with Crippen LogP contribution >= 0.6 is 0 Å². The number of aliphatic hydroxyl groups is 1. The molecule has 1 aliphatic rings. The molecule has 2 atom stereocenters. The highest BCUT2D eigenvalue weighted by atomic mass is 16.5. The maximum Gasteiger partial charge on any atom is 0.125 e. The van der Waals surface area contributed by atoms with Gasteiger partial charge in [-0.15, -0.1) is 0 Å². The SMILES string of the molecule is CCOc1ccc(C)cc1C(O)C(C)N1CCNCC1. The van der Waals surface area contributed by atoms with E-state index in [1.165, 1.54) is 0 Å². The zero-order valence-corrected chi connectivity index (χ0v) is 12.7. The van der Waals surface area contributed by atoms with E-state index in [1.807, 2.05) is 32.0 Å². The molecule has 0 saturated carbocycles. The van der Waals surface area contributed by atoms with Gasteiger partial charge in [0, 0.05) is 37.8 Å². The summed E-state index contributed by atoms with van der Waals surface area (Å²) >= 11 is 0. The first kappa shape index (κ1) is 15.3. The van der Waals surface area contributed by atoms with Gasteiger partial charge in [0.25, 0.3) is 0 Å². The number of benzene rings is 1. The van der Waals surface area contributed by atoms with Gasteiger partial charge in [0.2, 0.25) is 0 Å². The van der Waals surface area contributed by atoms with Crippen LogP contribution in [0.15, 0.2) is 18.2 Å². The van der Waals surface area contributed by atoms with E-state index >= 15 is 0 Å². The third-order valence-electron chi connectivity index (χ3n) is 3.97. The van der Waals surface area contributed by atoms with E-state index < -0.39 is 6.10 Å². The number of ether oxygens (including phenoxy) is 1. The molecule has 1 heterocycles. The summed E-state index contributed by atoms with van der Waals surface area (Å²) in [6.07, 6.45) is -0.519. The van der Waals surface area contributed by atoms with Gasteiger partial charge in [-0.3, -0.25) is 4.90 Å². The molecule has 2 N–H and O–H groups in total. The Morgan fingerprint density at radius 2 is 2.05 bits per heavy atom. The van der Waals surface area contributed by atoms with Crippen molar-refractivity contribution in [2.24, 2.45) is 0 Å². The van der Waals surface area contributed by atoms with Gasteiger partial charge in [0.05, 0.1) is 12.7 Å². The van der Waals surface area contributed by atoms with Crippen molar-refractivity contribution in [3.63, 3.8) is 0 Å². The van der Waals surface area contributed by atoms with Crippen LogP contribution in [0, 0.1) is 6.92 Å². The minimum atomic E-state index is -0.519. The van der Waals surface area contributed by atoms with Crippen molar-refractivity contribution in [2.75, 3.05) is 32.8 Å². The third-order valence-corrected chi connectivity index (χ3v) is 3.97. The first-order valence-corrected chi connectivity index (χ1v) is 7.49. The fraction of sp³-hybridized carbons (Fsp3) is 0.625. The van der Waals surface area contributed by atoms with Crippen LogP contribution in [0.3, 0.4) is 0 Å². The van der Waals surface area contributed by atoms with E-state index in [0.717, 1.165) is 43.1 Å². The molecule has 0 amide bonds. The molecule has 1 aliphatic heterocycles. The summed E-state index contributed by atoms with van der Waals surface area (Å²) in [6, 6.07) is 6.12. The van der Waals surface area contributed by atoms with Crippen molar-refractivity contribution in [1.82, 2.24) is 10.2 Å². The fourth-order valence-corrected chi connectivity index (χ4v) is 2.73. The second-order valence-corrected chi connectivity index (χ2v) is 5.45. The van der Waals surface area contributed by atoms with Gasteiger partial charge < -0.3 is 15.2 Å². The Morgan fingerprint density at radius 1 is 1.35 bits per heavy atom. The standard InChI is InChI=1S/C16H26N2O2/c1-4-20-15-6-5-12(2)11-14(15)16(19)13(3)18-9-7-17-8-10-18/h5-6,11,13,16-17,19H,4,7-10H2,1-3H3. The van der Waals surface area contributed by atoms with E-state index in [9.17, 15) is 5.11 Å². The van der Waals surface area contributed by atoms with E-state index in [2.05, 4.69) is 17.1 Å². The van der Waals surface area contributed by atoms with Gasteiger partial charge in [0.1, 0.15) is 5.75 Å². The maximum atomic E-state index is 10.7. The van der Waals surface area contributed by atoms with Crippen molar-refractivity contribution >= 4 is 0 Å². The number of hydrogen-bond donors (Lipinski definition) is 2. The lowest BCUT2D eigenvalue weighted by Gasteiger charge is -2.35. The molecule has 0 bridgehead atoms. The van der Waals surface area contributed by atoms with Gasteiger partial charge in [0.15, 0.2) is 0 Å². The summed E-state index contributed by atoms with van der Waals surface area (Å²) in [7, 11) is 0. The summed E-state index contributed by atoms with van der Waals surface area (Å²) in [6.45, 7) is 10.7. The molecule has 0 radical (unpaired) electrons. The highest BCUT2D eigenvalue weighted by Gasteiger charge is 2.26. The molecule has 1 aromatic rings. The van der Waals surface area contributed by atoms with E-state index in [4.69, 9.17) is 4.74 Å². The van der Waals surface area contributed by atoms with Gasteiger partial charge in [-0.25, -0.2) is 0 Å². The Labute approximate surface area is 121 Å². The topological polar surface area (TPSA) is 44.7 Å². The number of aryl methyl sites for hydroxylation is 1. The summed E-state index contributed by atoms with van der Waals surface area (Å²) in [5.74, 6) is 0.799. The lowest BCUT2D eigenvalue weighted by Crippen LogP contribution is -2.49. The van der Waals surface area contributed by atoms with Crippen LogP contribution in [-0.2, 0) is 0 Å². The molecule has 2 unspecified atom stereocenters. The predicted octanol–water partition coefficient (Wildman–Crippen LogP) is 1.72. The van der Waals surface area contributed by atoms with E-state index in [0.29, 0.717) is 6.61 Å². The Bertz CT molecular complexity index is 430. The van der Waals surface area contributed by atoms with Crippen LogP contribution in [0.5, 0.6) is 5.75 Å². The maximum absolute atomic E-state index is 10.7. The molecule has 4 nitrogen and oxygen atoms in total. The van der Waals surface area contributed by atoms with Crippen LogP contribution in [-0.4, -0.2) is 48.8 Å². The molecule has 2 rings (SSSR count).